The van der Waals surface area contributed by atoms with Crippen LogP contribution in [-0.2, 0) is 105 Å². The molecule has 0 radical (unpaired) electrons. The van der Waals surface area contributed by atoms with Crippen molar-refractivity contribution < 1.29 is 110 Å². The number of fused-ring (bicyclic) bond motifs is 6. The highest BCUT2D eigenvalue weighted by atomic mass is 16.6. The number of likely N-dealkylation sites (tertiary alicyclic amines) is 1. The van der Waals surface area contributed by atoms with Crippen LogP contribution in [0, 0.1) is 35.5 Å². The number of nitrogens with two attached hydrogens (primary N) is 3. The number of esters is 1. The van der Waals surface area contributed by atoms with Gasteiger partial charge in [-0.05, 0) is 161 Å². The number of aliphatic hydroxyl groups is 3. The number of cyclic esters (lactones) is 1. The van der Waals surface area contributed by atoms with Gasteiger partial charge in [-0.2, -0.15) is 10.1 Å². The third-order valence-electron chi connectivity index (χ3n) is 26.3. The van der Waals surface area contributed by atoms with Crippen LogP contribution in [0.5, 0.6) is 0 Å². The number of ketones is 2. The van der Waals surface area contributed by atoms with Crippen molar-refractivity contribution in [1.29, 1.82) is 0 Å². The quantitative estimate of drug-likeness (QED) is 0.00921. The van der Waals surface area contributed by atoms with Crippen molar-refractivity contribution in [2.45, 2.75) is 230 Å². The SMILES string of the molecule is CO[C@H]1C[C@@H]2CC[C@@H](C)[C@@](O)(O2)C(=O)C(=O)N2CCCC[C@H]2C(=O)O[C@H]([C@H](C)C[C@@H]2CC[C@@H](OC(=O)N3CCC(N)(C(=O)NCCOCCOCCOCCOCCOCCOCCC(=O)N4CCc5cc(Cn6nc(-c7ccc8oc(N)nc8c7)c7c(N)ncnc76)ccc5C4)CC3)[C@H](OC)C2)C[C@@H](O)[C@H](C)/C=C(\C)[C@@H](O)[C@@H](OC)C(=O)[C@H](C)C[C@H](C)/C=C/C=C/C=C/1C. The minimum absolute atomic E-state index is 0.0157. The molecule has 35 heteroatoms. The zero-order chi connectivity index (χ0) is 93.2. The lowest BCUT2D eigenvalue weighted by atomic mass is 9.78. The Morgan fingerprint density at radius 3 is 2.11 bits per heavy atom. The van der Waals surface area contributed by atoms with Crippen molar-refractivity contribution >= 4 is 75.3 Å². The Balaban J connectivity index is 0.543. The standard InChI is InChI=1S/C95H138N12O23/c1-59-16-12-11-13-17-60(2)77(118-8)54-71-24-19-65(7)95(117,130-71)86(112)89(113)106-32-15-14-18-73(106)90(114)127-78(55-74(108)61(3)49-64(6)84(111)85(120-10)83(110)63(5)48-59)62(4)50-66-21-25-76(79(52-66)119-9)129-93(116)104-34-29-94(98,30-35-104)91(115)99-31-37-122-39-41-124-43-45-126-47-46-125-44-42-123-40-38-121-36-28-80(109)105-33-27-68-51-67(20-22-70(68)57-105)56-107-88-81(87(96)100-58-101-88)82(103-107)69-23-26-75-72(53-69)102-92(97)128-75/h11-13,16-17,20,22-23,26,49,51,53,58-59,61-63,65-66,71,73-74,76-79,84-85,108,111,117H,14-15,18-19,21,24-25,27-48,50,52,54-57,98H2,1-10H3,(H2,97,102)(H,99,115)(H2,96,100,101)/b13-11+,16-12+,60-17+,64-49+/t59-,61-,62-,63-,65-,66+,71+,73+,74-,76-,77+,78+,79-,84-,85+,95-/m1/s1. The van der Waals surface area contributed by atoms with E-state index in [0.29, 0.717) is 183 Å². The maximum atomic E-state index is 14.9. The highest BCUT2D eigenvalue weighted by molar-refractivity contribution is 6.39. The third-order valence-corrected chi connectivity index (χ3v) is 26.3. The number of oxazole rings is 1. The topological polar surface area (TPSA) is 460 Å². The minimum Gasteiger partial charge on any atom is -0.460 e. The Morgan fingerprint density at radius 1 is 0.715 bits per heavy atom. The average Bonchev–Trinajstić information content (AvgIpc) is 1.52. The summed E-state index contributed by atoms with van der Waals surface area (Å²) >= 11 is 0. The molecule has 2 aromatic carbocycles. The van der Waals surface area contributed by atoms with Gasteiger partial charge in [0.1, 0.15) is 53.8 Å². The Kier molecular flexibility index (Phi) is 38.3. The van der Waals surface area contributed by atoms with Gasteiger partial charge in [-0.1, -0.05) is 89.3 Å². The van der Waals surface area contributed by atoms with Crippen LogP contribution >= 0.6 is 0 Å². The summed E-state index contributed by atoms with van der Waals surface area (Å²) in [6.07, 6.45) is 11.4. The van der Waals surface area contributed by atoms with Crippen LogP contribution in [0.2, 0.25) is 0 Å². The minimum atomic E-state index is -2.48. The molecule has 11 rings (SSSR count). The van der Waals surface area contributed by atoms with Crippen LogP contribution in [-0.4, -0.2) is 296 Å². The van der Waals surface area contributed by atoms with Crippen molar-refractivity contribution in [3.05, 3.63) is 107 Å². The van der Waals surface area contributed by atoms with E-state index in [4.69, 9.17) is 83.6 Å². The molecule has 0 unspecified atom stereocenters. The van der Waals surface area contributed by atoms with Gasteiger partial charge in [0.25, 0.3) is 17.7 Å². The molecular weight excluding hydrogens is 1680 g/mol. The number of ether oxygens (including phenoxy) is 12. The number of anilines is 2. The summed E-state index contributed by atoms with van der Waals surface area (Å²) in [7, 11) is 4.51. The lowest BCUT2D eigenvalue weighted by molar-refractivity contribution is -0.265. The van der Waals surface area contributed by atoms with E-state index in [1.807, 2.05) is 79.8 Å². The van der Waals surface area contributed by atoms with Gasteiger partial charge in [0.05, 0.1) is 128 Å². The van der Waals surface area contributed by atoms with E-state index < -0.39 is 114 Å². The maximum absolute atomic E-state index is 14.9. The Hall–Kier alpha value is -9.05. The first-order chi connectivity index (χ1) is 62.5. The van der Waals surface area contributed by atoms with Crippen molar-refractivity contribution in [3.8, 4) is 11.3 Å². The number of carbonyl (C=O) groups is 7. The first-order valence-corrected chi connectivity index (χ1v) is 46.1. The maximum Gasteiger partial charge on any atom is 0.410 e. The van der Waals surface area contributed by atoms with E-state index in [0.717, 1.165) is 28.7 Å². The number of hydrogen-bond donors (Lipinski definition) is 7. The molecule has 8 heterocycles. The molecule has 1 aliphatic carbocycles. The number of piperidine rings is 2. The Labute approximate surface area is 761 Å². The summed E-state index contributed by atoms with van der Waals surface area (Å²) in [5, 5.41) is 44.5. The number of benzene rings is 2. The van der Waals surface area contributed by atoms with Gasteiger partial charge < -0.3 is 114 Å². The largest absolute Gasteiger partial charge is 0.460 e. The van der Waals surface area contributed by atoms with Crippen LogP contribution < -0.4 is 22.5 Å². The van der Waals surface area contributed by atoms with E-state index in [2.05, 4.69) is 38.5 Å². The molecule has 5 aliphatic heterocycles. The van der Waals surface area contributed by atoms with Crippen LogP contribution in [0.1, 0.15) is 161 Å². The molecule has 130 heavy (non-hydrogen) atoms. The Morgan fingerprint density at radius 2 is 1.42 bits per heavy atom. The molecule has 6 aliphatic rings. The number of nitrogens with one attached hydrogen (secondary N) is 1. The molecule has 3 saturated heterocycles. The number of carbonyl (C=O) groups excluding carboxylic acids is 7. The molecule has 2 bridgehead atoms. The van der Waals surface area contributed by atoms with Crippen LogP contribution in [0.3, 0.4) is 0 Å². The second kappa shape index (κ2) is 49.1. The molecule has 1 saturated carbocycles. The number of nitrogens with zero attached hydrogens (tertiary/aromatic N) is 8. The number of rotatable bonds is 32. The van der Waals surface area contributed by atoms with E-state index in [9.17, 15) is 48.9 Å². The molecule has 10 N–H and O–H groups in total. The molecule has 4 amide bonds. The second-order valence-corrected chi connectivity index (χ2v) is 35.8. The number of aromatic nitrogens is 5. The summed E-state index contributed by atoms with van der Waals surface area (Å²) < 4.78 is 77.7. The zero-order valence-electron chi connectivity index (χ0n) is 77.2. The molecule has 716 valence electrons. The molecule has 4 fully saturated rings. The van der Waals surface area contributed by atoms with E-state index in [1.54, 1.807) is 52.0 Å². The van der Waals surface area contributed by atoms with Gasteiger partial charge >= 0.3 is 12.1 Å². The van der Waals surface area contributed by atoms with Gasteiger partial charge in [-0.15, -0.1) is 0 Å². The number of hydrogen-bond acceptors (Lipinski definition) is 30. The van der Waals surface area contributed by atoms with Gasteiger partial charge in [-0.3, -0.25) is 24.0 Å². The van der Waals surface area contributed by atoms with Gasteiger partial charge in [0, 0.05) is 96.8 Å². The summed E-state index contributed by atoms with van der Waals surface area (Å²) in [5.41, 5.74) is 25.4. The average molecular weight is 1820 g/mol. The fourth-order valence-electron chi connectivity index (χ4n) is 18.4. The molecule has 16 atom stereocenters. The summed E-state index contributed by atoms with van der Waals surface area (Å²) in [4.78, 5) is 116. The van der Waals surface area contributed by atoms with Gasteiger partial charge in [-0.25, -0.2) is 24.2 Å². The van der Waals surface area contributed by atoms with Crippen molar-refractivity contribution in [2.75, 3.05) is 145 Å². The van der Waals surface area contributed by atoms with Gasteiger partial charge in [0.15, 0.2) is 17.0 Å². The fraction of sp³-hybridized carbons (Fsp3) is 0.653. The lowest BCUT2D eigenvalue weighted by Gasteiger charge is -2.43. The molecule has 3 aromatic heterocycles. The zero-order valence-corrected chi connectivity index (χ0v) is 77.2. The monoisotopic (exact) mass is 1810 g/mol. The van der Waals surface area contributed by atoms with E-state index in [1.165, 1.54) is 23.9 Å². The van der Waals surface area contributed by atoms with Crippen LogP contribution in [0.15, 0.2) is 94.7 Å². The van der Waals surface area contributed by atoms with E-state index >= 15 is 0 Å². The normalized spacial score (nSPS) is 28.3. The first kappa shape index (κ1) is 101. The van der Waals surface area contributed by atoms with E-state index in [-0.39, 0.29) is 113 Å². The predicted molar refractivity (Wildman–Crippen MR) is 482 cm³/mol. The number of Topliss-reactive ketones (excluding diaryl/α,β-unsaturated/α-hetero) is 2. The van der Waals surface area contributed by atoms with Crippen LogP contribution in [0.25, 0.3) is 33.4 Å². The summed E-state index contributed by atoms with van der Waals surface area (Å²) in [6, 6.07) is 10.7. The molecule has 0 spiro atoms. The fourth-order valence-corrected chi connectivity index (χ4v) is 18.4. The van der Waals surface area contributed by atoms with Crippen molar-refractivity contribution in [3.63, 3.8) is 0 Å². The van der Waals surface area contributed by atoms with Gasteiger partial charge in [0.2, 0.25) is 17.6 Å². The number of nitrogen functional groups attached to an aromatic ring is 2. The predicted octanol–water partition coefficient (Wildman–Crippen LogP) is 8.26. The smallest absolute Gasteiger partial charge is 0.410 e. The Bertz CT molecular complexity index is 4700. The van der Waals surface area contributed by atoms with Crippen molar-refractivity contribution in [1.82, 2.24) is 44.7 Å². The molecular formula is C95H138N12O23. The summed E-state index contributed by atoms with van der Waals surface area (Å²) in [6.45, 7) is 19.1. The number of aliphatic hydroxyl groups excluding tert-OH is 2. The number of amides is 4. The molecule has 35 nitrogen and oxygen atoms in total. The first-order valence-electron chi connectivity index (χ1n) is 46.1. The lowest BCUT2D eigenvalue weighted by Crippen LogP contribution is -2.61. The van der Waals surface area contributed by atoms with Crippen LogP contribution in [0.4, 0.5) is 16.6 Å². The highest BCUT2D eigenvalue weighted by Gasteiger charge is 2.54. The molecule has 5 aromatic rings. The highest BCUT2D eigenvalue weighted by Crippen LogP contribution is 2.41. The summed E-state index contributed by atoms with van der Waals surface area (Å²) in [5.74, 6) is -8.07. The second-order valence-electron chi connectivity index (χ2n) is 35.8. The number of methoxy groups -OCH3 is 3. The van der Waals surface area contributed by atoms with Crippen molar-refractivity contribution in [2.24, 2.45) is 41.2 Å². The number of allylic oxidation sites excluding steroid dienone is 5. The third kappa shape index (κ3) is 27.4.